The Kier molecular flexibility index (Phi) is 3.55. The summed E-state index contributed by atoms with van der Waals surface area (Å²) < 4.78 is 5.22. The summed E-state index contributed by atoms with van der Waals surface area (Å²) in [4.78, 5) is 15.9. The zero-order valence-electron chi connectivity index (χ0n) is 9.27. The molecule has 6 heteroatoms. The minimum Gasteiger partial charge on any atom is -0.475 e. The number of nitrogens with one attached hydrogen (secondary N) is 1. The van der Waals surface area contributed by atoms with Crippen molar-refractivity contribution in [3.05, 3.63) is 39.7 Å². The minimum atomic E-state index is -1.03. The van der Waals surface area contributed by atoms with Crippen molar-refractivity contribution in [1.82, 2.24) is 10.3 Å². The quantitative estimate of drug-likeness (QED) is 0.851. The molecule has 2 aromatic heterocycles. The molecule has 5 nitrogen and oxygen atoms in total. The Hall–Kier alpha value is -1.66. The number of carboxylic acid groups (broad SMARTS) is 1. The smallest absolute Gasteiger partial charge is 0.372 e. The number of aromatic carboxylic acids is 1. The van der Waals surface area contributed by atoms with Gasteiger partial charge in [-0.25, -0.2) is 4.79 Å². The second-order valence-electron chi connectivity index (χ2n) is 3.60. The van der Waals surface area contributed by atoms with Gasteiger partial charge in [0.05, 0.1) is 12.1 Å². The van der Waals surface area contributed by atoms with Crippen LogP contribution in [-0.2, 0) is 13.1 Å². The van der Waals surface area contributed by atoms with E-state index < -0.39 is 5.97 Å². The number of furan rings is 1. The van der Waals surface area contributed by atoms with Gasteiger partial charge < -0.3 is 14.8 Å². The molecule has 90 valence electrons. The van der Waals surface area contributed by atoms with Crippen LogP contribution in [-0.4, -0.2) is 16.1 Å². The number of aromatic nitrogens is 1. The molecule has 0 aromatic carbocycles. The summed E-state index contributed by atoms with van der Waals surface area (Å²) in [6.07, 6.45) is 1.80. The van der Waals surface area contributed by atoms with Crippen molar-refractivity contribution < 1.29 is 14.3 Å². The Bertz CT molecular complexity index is 505. The highest BCUT2D eigenvalue weighted by Crippen LogP contribution is 2.14. The van der Waals surface area contributed by atoms with Crippen LogP contribution in [0, 0.1) is 6.92 Å². The third-order valence-electron chi connectivity index (χ3n) is 2.24. The molecule has 0 spiro atoms. The van der Waals surface area contributed by atoms with Gasteiger partial charge in [-0.05, 0) is 13.0 Å². The van der Waals surface area contributed by atoms with Crippen molar-refractivity contribution in [2.75, 3.05) is 0 Å². The normalized spacial score (nSPS) is 10.6. The molecule has 0 fully saturated rings. The lowest BCUT2D eigenvalue weighted by atomic mass is 10.2. The largest absolute Gasteiger partial charge is 0.475 e. The summed E-state index contributed by atoms with van der Waals surface area (Å²) in [6.45, 7) is 2.93. The van der Waals surface area contributed by atoms with E-state index in [9.17, 15) is 4.79 Å². The molecule has 2 rings (SSSR count). The zero-order chi connectivity index (χ0) is 12.3. The summed E-state index contributed by atoms with van der Waals surface area (Å²) in [5, 5.41) is 12.0. The molecule has 0 aliphatic carbocycles. The first-order chi connectivity index (χ1) is 8.16. The second-order valence-corrected chi connectivity index (χ2v) is 4.57. The molecule has 2 N–H and O–H groups in total. The predicted molar refractivity (Wildman–Crippen MR) is 63.1 cm³/mol. The maximum atomic E-state index is 10.8. The highest BCUT2D eigenvalue weighted by atomic mass is 32.1. The molecule has 0 atom stereocenters. The van der Waals surface area contributed by atoms with Gasteiger partial charge in [-0.2, -0.15) is 0 Å². The van der Waals surface area contributed by atoms with Crippen molar-refractivity contribution in [3.63, 3.8) is 0 Å². The van der Waals surface area contributed by atoms with E-state index in [0.717, 1.165) is 4.88 Å². The third kappa shape index (κ3) is 2.92. The highest BCUT2D eigenvalue weighted by Gasteiger charge is 2.13. The van der Waals surface area contributed by atoms with Crippen molar-refractivity contribution in [2.45, 2.75) is 20.0 Å². The van der Waals surface area contributed by atoms with E-state index in [1.165, 1.54) is 0 Å². The van der Waals surface area contributed by atoms with Gasteiger partial charge in [0, 0.05) is 23.2 Å². The van der Waals surface area contributed by atoms with E-state index in [2.05, 4.69) is 10.3 Å². The van der Waals surface area contributed by atoms with Crippen LogP contribution in [0.4, 0.5) is 0 Å². The molecule has 2 aromatic rings. The SMILES string of the molecule is Cc1cc(CNCc2cncs2)oc1C(=O)O. The van der Waals surface area contributed by atoms with Crippen LogP contribution in [0.1, 0.15) is 26.8 Å². The monoisotopic (exact) mass is 252 g/mol. The van der Waals surface area contributed by atoms with Crippen LogP contribution in [0.2, 0.25) is 0 Å². The van der Waals surface area contributed by atoms with Gasteiger partial charge in [0.25, 0.3) is 0 Å². The van der Waals surface area contributed by atoms with Crippen molar-refractivity contribution in [2.24, 2.45) is 0 Å². The number of nitrogens with zero attached hydrogens (tertiary/aromatic N) is 1. The molecule has 0 amide bonds. The van der Waals surface area contributed by atoms with Crippen LogP contribution >= 0.6 is 11.3 Å². The Labute approximate surface area is 102 Å². The van der Waals surface area contributed by atoms with Gasteiger partial charge >= 0.3 is 5.97 Å². The van der Waals surface area contributed by atoms with Gasteiger partial charge in [-0.15, -0.1) is 11.3 Å². The average Bonchev–Trinajstić information content (AvgIpc) is 2.88. The lowest BCUT2D eigenvalue weighted by Gasteiger charge is -1.98. The van der Waals surface area contributed by atoms with Gasteiger partial charge in [0.2, 0.25) is 5.76 Å². The van der Waals surface area contributed by atoms with Crippen molar-refractivity contribution in [3.8, 4) is 0 Å². The van der Waals surface area contributed by atoms with E-state index in [1.807, 2.05) is 0 Å². The van der Waals surface area contributed by atoms with E-state index in [-0.39, 0.29) is 5.76 Å². The number of rotatable bonds is 5. The summed E-state index contributed by atoms with van der Waals surface area (Å²) in [6, 6.07) is 1.74. The fraction of sp³-hybridized carbons (Fsp3) is 0.273. The van der Waals surface area contributed by atoms with Crippen LogP contribution < -0.4 is 5.32 Å². The number of aryl methyl sites for hydroxylation is 1. The molecule has 0 unspecified atom stereocenters. The molecular weight excluding hydrogens is 240 g/mol. The molecule has 0 aliphatic rings. The maximum absolute atomic E-state index is 10.8. The molecule has 2 heterocycles. The Balaban J connectivity index is 1.91. The van der Waals surface area contributed by atoms with E-state index in [1.54, 1.807) is 36.0 Å². The Morgan fingerprint density at radius 3 is 3.00 bits per heavy atom. The number of hydrogen-bond donors (Lipinski definition) is 2. The molecule has 0 aliphatic heterocycles. The van der Waals surface area contributed by atoms with Crippen molar-refractivity contribution in [1.29, 1.82) is 0 Å². The van der Waals surface area contributed by atoms with Crippen LogP contribution in [0.3, 0.4) is 0 Å². The Morgan fingerprint density at radius 1 is 1.59 bits per heavy atom. The Morgan fingerprint density at radius 2 is 2.41 bits per heavy atom. The van der Waals surface area contributed by atoms with Crippen LogP contribution in [0.25, 0.3) is 0 Å². The number of hydrogen-bond acceptors (Lipinski definition) is 5. The van der Waals surface area contributed by atoms with Gasteiger partial charge in [-0.3, -0.25) is 4.98 Å². The topological polar surface area (TPSA) is 75.4 Å². The lowest BCUT2D eigenvalue weighted by molar-refractivity contribution is 0.0659. The first-order valence-electron chi connectivity index (χ1n) is 5.07. The standard InChI is InChI=1S/C11H12N2O3S/c1-7-2-8(16-10(7)11(14)15)3-12-4-9-5-13-6-17-9/h2,5-6,12H,3-4H2,1H3,(H,14,15). The first kappa shape index (κ1) is 11.8. The summed E-state index contributed by atoms with van der Waals surface area (Å²) >= 11 is 1.57. The summed E-state index contributed by atoms with van der Waals surface area (Å²) in [5.74, 6) is -0.389. The third-order valence-corrected chi connectivity index (χ3v) is 3.02. The minimum absolute atomic E-state index is 0.0135. The highest BCUT2D eigenvalue weighted by molar-refractivity contribution is 7.09. The fourth-order valence-corrected chi connectivity index (χ4v) is 2.05. The average molecular weight is 252 g/mol. The van der Waals surface area contributed by atoms with Crippen LogP contribution in [0.15, 0.2) is 22.2 Å². The number of carboxylic acids is 1. The van der Waals surface area contributed by atoms with E-state index in [4.69, 9.17) is 9.52 Å². The molecule has 0 saturated heterocycles. The lowest BCUT2D eigenvalue weighted by Crippen LogP contribution is -2.11. The van der Waals surface area contributed by atoms with Gasteiger partial charge in [0.15, 0.2) is 0 Å². The summed E-state index contributed by atoms with van der Waals surface area (Å²) in [7, 11) is 0. The van der Waals surface area contributed by atoms with Crippen LogP contribution in [0.5, 0.6) is 0 Å². The van der Waals surface area contributed by atoms with E-state index in [0.29, 0.717) is 24.4 Å². The number of thiazole rings is 1. The second kappa shape index (κ2) is 5.11. The predicted octanol–water partition coefficient (Wildman–Crippen LogP) is 2.03. The van der Waals surface area contributed by atoms with Gasteiger partial charge in [0.1, 0.15) is 5.76 Å². The van der Waals surface area contributed by atoms with E-state index >= 15 is 0 Å². The maximum Gasteiger partial charge on any atom is 0.372 e. The molecule has 0 radical (unpaired) electrons. The summed E-state index contributed by atoms with van der Waals surface area (Å²) in [5.41, 5.74) is 2.42. The van der Waals surface area contributed by atoms with Crippen molar-refractivity contribution >= 4 is 17.3 Å². The fourth-order valence-electron chi connectivity index (χ4n) is 1.49. The molecular formula is C11H12N2O3S. The van der Waals surface area contributed by atoms with Gasteiger partial charge in [-0.1, -0.05) is 0 Å². The number of carbonyl (C=O) groups is 1. The molecule has 17 heavy (non-hydrogen) atoms. The zero-order valence-corrected chi connectivity index (χ0v) is 10.1. The molecule has 0 bridgehead atoms. The first-order valence-corrected chi connectivity index (χ1v) is 5.95. The molecule has 0 saturated carbocycles.